The molecule has 0 bridgehead atoms. The molecule has 6 nitrogen and oxygen atoms in total. The van der Waals surface area contributed by atoms with E-state index in [1.807, 2.05) is 0 Å². The van der Waals surface area contributed by atoms with Crippen LogP contribution in [0.1, 0.15) is 10.4 Å². The molecule has 0 aromatic heterocycles. The van der Waals surface area contributed by atoms with Crippen LogP contribution in [0.15, 0.2) is 12.1 Å². The Morgan fingerprint density at radius 2 is 2.06 bits per heavy atom. The lowest BCUT2D eigenvalue weighted by atomic mass is 10.1. The first kappa shape index (κ1) is 13.2. The summed E-state index contributed by atoms with van der Waals surface area (Å²) in [7, 11) is 2.62. The fraction of sp³-hybridized carbons (Fsp3) is 0.300. The van der Waals surface area contributed by atoms with E-state index < -0.39 is 10.7 Å². The van der Waals surface area contributed by atoms with Gasteiger partial charge in [0.05, 0.1) is 25.0 Å². The quantitative estimate of drug-likeness (QED) is 0.350. The Bertz CT molecular complexity index is 460. The lowest BCUT2D eigenvalue weighted by Gasteiger charge is -2.09. The van der Waals surface area contributed by atoms with Crippen LogP contribution in [-0.2, 0) is 0 Å². The van der Waals surface area contributed by atoms with Crippen LogP contribution in [-0.4, -0.2) is 30.8 Å². The van der Waals surface area contributed by atoms with Gasteiger partial charge in [0.25, 0.3) is 0 Å². The largest absolute Gasteiger partial charge is 0.493 e. The molecule has 0 aliphatic heterocycles. The Labute approximate surface area is 102 Å². The Kier molecular flexibility index (Phi) is 4.28. The van der Waals surface area contributed by atoms with E-state index in [0.29, 0.717) is 0 Å². The maximum absolute atomic E-state index is 11.4. The number of carbonyl (C=O) groups excluding carboxylic acids is 1. The first-order chi connectivity index (χ1) is 8.04. The molecule has 0 saturated heterocycles. The monoisotopic (exact) mass is 259 g/mol. The smallest absolute Gasteiger partial charge is 0.315 e. The van der Waals surface area contributed by atoms with Gasteiger partial charge < -0.3 is 9.47 Å². The predicted octanol–water partition coefficient (Wildman–Crippen LogP) is 2.03. The summed E-state index contributed by atoms with van der Waals surface area (Å²) in [4.78, 5) is 21.6. The molecule has 0 heterocycles. The van der Waals surface area contributed by atoms with Crippen molar-refractivity contribution in [3.05, 3.63) is 27.8 Å². The number of nitro benzene ring substituents is 1. The minimum Gasteiger partial charge on any atom is -0.493 e. The summed E-state index contributed by atoms with van der Waals surface area (Å²) in [6.07, 6.45) is 0. The van der Waals surface area contributed by atoms with Crippen molar-refractivity contribution in [2.75, 3.05) is 20.1 Å². The number of methoxy groups -OCH3 is 2. The molecule has 0 aliphatic carbocycles. The number of alkyl halides is 1. The first-order valence-corrected chi connectivity index (χ1v) is 5.08. The SMILES string of the molecule is COc1cc(C(=O)CCl)cc([N+](=O)[O-])c1OC. The van der Waals surface area contributed by atoms with E-state index >= 15 is 0 Å². The molecule has 92 valence electrons. The van der Waals surface area contributed by atoms with E-state index in [1.165, 1.54) is 20.3 Å². The zero-order chi connectivity index (χ0) is 13.0. The van der Waals surface area contributed by atoms with Crippen molar-refractivity contribution in [2.24, 2.45) is 0 Å². The molecule has 0 fully saturated rings. The van der Waals surface area contributed by atoms with Crippen LogP contribution in [0.4, 0.5) is 5.69 Å². The molecule has 1 aromatic carbocycles. The van der Waals surface area contributed by atoms with Gasteiger partial charge in [-0.3, -0.25) is 14.9 Å². The molecule has 0 atom stereocenters. The molecule has 7 heteroatoms. The van der Waals surface area contributed by atoms with E-state index in [4.69, 9.17) is 21.1 Å². The molecule has 0 saturated carbocycles. The third-order valence-corrected chi connectivity index (χ3v) is 2.34. The highest BCUT2D eigenvalue weighted by molar-refractivity contribution is 6.30. The summed E-state index contributed by atoms with van der Waals surface area (Å²) < 4.78 is 9.82. The van der Waals surface area contributed by atoms with Gasteiger partial charge in [-0.2, -0.15) is 0 Å². The van der Waals surface area contributed by atoms with E-state index in [2.05, 4.69) is 0 Å². The highest BCUT2D eigenvalue weighted by Gasteiger charge is 2.23. The second-order valence-electron chi connectivity index (χ2n) is 3.04. The Hall–Kier alpha value is -1.82. The molecule has 17 heavy (non-hydrogen) atoms. The van der Waals surface area contributed by atoms with Gasteiger partial charge in [0.15, 0.2) is 11.5 Å². The third-order valence-electron chi connectivity index (χ3n) is 2.10. The first-order valence-electron chi connectivity index (χ1n) is 4.54. The van der Waals surface area contributed by atoms with E-state index in [9.17, 15) is 14.9 Å². The van der Waals surface area contributed by atoms with E-state index in [-0.39, 0.29) is 28.6 Å². The Balaban J connectivity index is 3.45. The highest BCUT2D eigenvalue weighted by Crippen LogP contribution is 2.38. The van der Waals surface area contributed by atoms with Crippen molar-refractivity contribution >= 4 is 23.1 Å². The zero-order valence-corrected chi connectivity index (χ0v) is 9.98. The fourth-order valence-corrected chi connectivity index (χ4v) is 1.47. The van der Waals surface area contributed by atoms with Gasteiger partial charge in [-0.25, -0.2) is 0 Å². The highest BCUT2D eigenvalue weighted by atomic mass is 35.5. The number of nitro groups is 1. The van der Waals surface area contributed by atoms with Crippen molar-refractivity contribution < 1.29 is 19.2 Å². The number of hydrogen-bond donors (Lipinski definition) is 0. The molecule has 0 aliphatic rings. The van der Waals surface area contributed by atoms with Crippen LogP contribution in [0.3, 0.4) is 0 Å². The number of benzene rings is 1. The topological polar surface area (TPSA) is 78.7 Å². The van der Waals surface area contributed by atoms with Gasteiger partial charge in [0, 0.05) is 11.6 Å². The van der Waals surface area contributed by atoms with Crippen LogP contribution in [0.25, 0.3) is 0 Å². The summed E-state index contributed by atoms with van der Waals surface area (Å²) in [6, 6.07) is 2.47. The number of rotatable bonds is 5. The van der Waals surface area contributed by atoms with Gasteiger partial charge in [0.2, 0.25) is 5.75 Å². The van der Waals surface area contributed by atoms with Crippen LogP contribution < -0.4 is 9.47 Å². The summed E-state index contributed by atoms with van der Waals surface area (Å²) in [5.74, 6) is -0.582. The average Bonchev–Trinajstić information content (AvgIpc) is 2.35. The minimum absolute atomic E-state index is 0.0244. The van der Waals surface area contributed by atoms with Gasteiger partial charge in [-0.05, 0) is 6.07 Å². The van der Waals surface area contributed by atoms with Gasteiger partial charge in [0.1, 0.15) is 0 Å². The van der Waals surface area contributed by atoms with Gasteiger partial charge in [-0.1, -0.05) is 0 Å². The molecule has 0 N–H and O–H groups in total. The summed E-state index contributed by atoms with van der Waals surface area (Å²) in [6.45, 7) is 0. The molecule has 1 aromatic rings. The summed E-state index contributed by atoms with van der Waals surface area (Å²) >= 11 is 5.40. The van der Waals surface area contributed by atoms with Crippen LogP contribution in [0.2, 0.25) is 0 Å². The maximum Gasteiger partial charge on any atom is 0.315 e. The predicted molar refractivity (Wildman–Crippen MR) is 61.3 cm³/mol. The number of Topliss-reactive ketones (excluding diaryl/α,β-unsaturated/α-hetero) is 1. The molecule has 0 unspecified atom stereocenters. The maximum atomic E-state index is 11.4. The number of ether oxygens (including phenoxy) is 2. The molecular weight excluding hydrogens is 250 g/mol. The zero-order valence-electron chi connectivity index (χ0n) is 9.23. The number of hydrogen-bond acceptors (Lipinski definition) is 5. The summed E-state index contributed by atoms with van der Waals surface area (Å²) in [5, 5.41) is 10.8. The Morgan fingerprint density at radius 3 is 2.47 bits per heavy atom. The molecular formula is C10H10ClNO5. The van der Waals surface area contributed by atoms with Crippen LogP contribution in [0.5, 0.6) is 11.5 Å². The van der Waals surface area contributed by atoms with Crippen LogP contribution >= 0.6 is 11.6 Å². The second-order valence-corrected chi connectivity index (χ2v) is 3.31. The number of carbonyl (C=O) groups is 1. The standard InChI is InChI=1S/C10H10ClNO5/c1-16-9-4-6(8(13)5-11)3-7(12(14)15)10(9)17-2/h3-4H,5H2,1-2H3. The number of halogens is 1. The minimum atomic E-state index is -0.646. The van der Waals surface area contributed by atoms with E-state index in [1.54, 1.807) is 0 Å². The lowest BCUT2D eigenvalue weighted by molar-refractivity contribution is -0.385. The lowest BCUT2D eigenvalue weighted by Crippen LogP contribution is -2.04. The third kappa shape index (κ3) is 2.65. The number of nitrogens with zero attached hydrogens (tertiary/aromatic N) is 1. The molecule has 0 amide bonds. The normalized spacial score (nSPS) is 9.82. The van der Waals surface area contributed by atoms with Crippen molar-refractivity contribution in [2.45, 2.75) is 0 Å². The molecule has 1 rings (SSSR count). The van der Waals surface area contributed by atoms with Crippen molar-refractivity contribution in [3.8, 4) is 11.5 Å². The van der Waals surface area contributed by atoms with Crippen molar-refractivity contribution in [3.63, 3.8) is 0 Å². The van der Waals surface area contributed by atoms with Gasteiger partial charge >= 0.3 is 5.69 Å². The molecule has 0 spiro atoms. The Morgan fingerprint density at radius 1 is 1.41 bits per heavy atom. The molecule has 0 radical (unpaired) electrons. The average molecular weight is 260 g/mol. The van der Waals surface area contributed by atoms with E-state index in [0.717, 1.165) is 6.07 Å². The summed E-state index contributed by atoms with van der Waals surface area (Å²) in [5.41, 5.74) is -0.218. The second kappa shape index (κ2) is 5.49. The van der Waals surface area contributed by atoms with Crippen molar-refractivity contribution in [1.29, 1.82) is 0 Å². The van der Waals surface area contributed by atoms with Crippen molar-refractivity contribution in [1.82, 2.24) is 0 Å². The number of ketones is 1. The van der Waals surface area contributed by atoms with Gasteiger partial charge in [-0.15, -0.1) is 11.6 Å². The fourth-order valence-electron chi connectivity index (χ4n) is 1.32. The van der Waals surface area contributed by atoms with Crippen LogP contribution in [0, 0.1) is 10.1 Å².